The predicted octanol–water partition coefficient (Wildman–Crippen LogP) is 1.01. The molecule has 0 aromatic heterocycles. The number of rotatable bonds is 5. The average Bonchev–Trinajstić information content (AvgIpc) is 2.25. The van der Waals surface area contributed by atoms with Gasteiger partial charge in [-0.05, 0) is 38.6 Å². The highest BCUT2D eigenvalue weighted by Crippen LogP contribution is 2.12. The van der Waals surface area contributed by atoms with Crippen molar-refractivity contribution in [3.05, 3.63) is 11.6 Å². The van der Waals surface area contributed by atoms with Gasteiger partial charge in [-0.2, -0.15) is 0 Å². The highest BCUT2D eigenvalue weighted by atomic mass is 32.2. The molecule has 86 valence electrons. The van der Waals surface area contributed by atoms with Crippen LogP contribution in [0.4, 0.5) is 0 Å². The minimum Gasteiger partial charge on any atom is -0.480 e. The smallest absolute Gasteiger partial charge is 0.321 e. The zero-order chi connectivity index (χ0) is 11.1. The minimum atomic E-state index is -0.782. The predicted molar refractivity (Wildman–Crippen MR) is 62.9 cm³/mol. The van der Waals surface area contributed by atoms with Crippen LogP contribution in [-0.2, 0) is 4.79 Å². The molecular formula is C10H18N2O2S. The third-order valence-electron chi connectivity index (χ3n) is 2.45. The summed E-state index contributed by atoms with van der Waals surface area (Å²) in [7, 11) is 0. The van der Waals surface area contributed by atoms with Crippen molar-refractivity contribution in [1.82, 2.24) is 10.0 Å². The van der Waals surface area contributed by atoms with Gasteiger partial charge in [-0.3, -0.25) is 9.52 Å². The van der Waals surface area contributed by atoms with Crippen LogP contribution in [0.2, 0.25) is 0 Å². The second kappa shape index (κ2) is 6.87. The monoisotopic (exact) mass is 230 g/mol. The SMILES string of the molecule is CSNC(CC=C1CCNCC1)C(=O)O. The fourth-order valence-electron chi connectivity index (χ4n) is 1.58. The molecule has 0 radical (unpaired) electrons. The molecule has 1 unspecified atom stereocenters. The van der Waals surface area contributed by atoms with Gasteiger partial charge in [0, 0.05) is 0 Å². The maximum atomic E-state index is 10.8. The summed E-state index contributed by atoms with van der Waals surface area (Å²) in [5.74, 6) is -0.782. The molecule has 0 amide bonds. The number of hydrogen-bond donors (Lipinski definition) is 3. The fraction of sp³-hybridized carbons (Fsp3) is 0.700. The Labute approximate surface area is 94.6 Å². The normalized spacial score (nSPS) is 18.6. The van der Waals surface area contributed by atoms with E-state index in [4.69, 9.17) is 5.11 Å². The molecule has 1 aliphatic heterocycles. The maximum Gasteiger partial charge on any atom is 0.321 e. The number of carboxylic acids is 1. The molecule has 3 N–H and O–H groups in total. The van der Waals surface area contributed by atoms with Crippen molar-refractivity contribution in [3.63, 3.8) is 0 Å². The molecule has 5 heteroatoms. The van der Waals surface area contributed by atoms with Gasteiger partial charge in [-0.25, -0.2) is 0 Å². The summed E-state index contributed by atoms with van der Waals surface area (Å²) in [5, 5.41) is 12.2. The summed E-state index contributed by atoms with van der Waals surface area (Å²) in [6, 6.07) is -0.470. The summed E-state index contributed by atoms with van der Waals surface area (Å²) in [4.78, 5) is 10.8. The molecular weight excluding hydrogens is 212 g/mol. The van der Waals surface area contributed by atoms with Crippen molar-refractivity contribution in [2.24, 2.45) is 0 Å². The average molecular weight is 230 g/mol. The van der Waals surface area contributed by atoms with Crippen LogP contribution >= 0.6 is 11.9 Å². The summed E-state index contributed by atoms with van der Waals surface area (Å²) >= 11 is 1.35. The first-order valence-electron chi connectivity index (χ1n) is 5.14. The zero-order valence-electron chi connectivity index (χ0n) is 8.95. The topological polar surface area (TPSA) is 61.4 Å². The molecule has 0 aromatic rings. The minimum absolute atomic E-state index is 0.470. The van der Waals surface area contributed by atoms with E-state index < -0.39 is 12.0 Å². The number of carbonyl (C=O) groups is 1. The molecule has 0 saturated carbocycles. The molecule has 1 fully saturated rings. The van der Waals surface area contributed by atoms with Gasteiger partial charge in [-0.15, -0.1) is 0 Å². The van der Waals surface area contributed by atoms with Crippen LogP contribution in [0, 0.1) is 0 Å². The number of hydrogen-bond acceptors (Lipinski definition) is 4. The van der Waals surface area contributed by atoms with Crippen LogP contribution in [0.25, 0.3) is 0 Å². The van der Waals surface area contributed by atoms with Gasteiger partial charge in [0.15, 0.2) is 0 Å². The van der Waals surface area contributed by atoms with Gasteiger partial charge < -0.3 is 10.4 Å². The molecule has 0 aliphatic carbocycles. The van der Waals surface area contributed by atoms with Crippen molar-refractivity contribution in [2.75, 3.05) is 19.3 Å². The van der Waals surface area contributed by atoms with Crippen LogP contribution in [0.3, 0.4) is 0 Å². The molecule has 0 spiro atoms. The Bertz CT molecular complexity index is 236. The number of nitrogens with one attached hydrogen (secondary N) is 2. The first-order chi connectivity index (χ1) is 7.24. The van der Waals surface area contributed by atoms with Gasteiger partial charge in [-0.1, -0.05) is 23.6 Å². The Kier molecular flexibility index (Phi) is 5.75. The fourth-order valence-corrected chi connectivity index (χ4v) is 2.06. The number of carboxylic acid groups (broad SMARTS) is 1. The van der Waals surface area contributed by atoms with Crippen molar-refractivity contribution >= 4 is 17.9 Å². The van der Waals surface area contributed by atoms with Crippen molar-refractivity contribution in [1.29, 1.82) is 0 Å². The van der Waals surface area contributed by atoms with Crippen LogP contribution < -0.4 is 10.0 Å². The molecule has 4 nitrogen and oxygen atoms in total. The summed E-state index contributed by atoms with van der Waals surface area (Å²) in [5.41, 5.74) is 1.38. The summed E-state index contributed by atoms with van der Waals surface area (Å²) in [6.07, 6.45) is 6.58. The molecule has 1 rings (SSSR count). The first-order valence-corrected chi connectivity index (χ1v) is 6.36. The Morgan fingerprint density at radius 2 is 2.33 bits per heavy atom. The van der Waals surface area contributed by atoms with E-state index in [2.05, 4.69) is 16.1 Å². The Balaban J connectivity index is 2.40. The van der Waals surface area contributed by atoms with Crippen molar-refractivity contribution in [2.45, 2.75) is 25.3 Å². The molecule has 1 heterocycles. The summed E-state index contributed by atoms with van der Waals surface area (Å²) < 4.78 is 2.88. The number of aliphatic carboxylic acids is 1. The lowest BCUT2D eigenvalue weighted by Gasteiger charge is -2.16. The lowest BCUT2D eigenvalue weighted by Crippen LogP contribution is -2.31. The van der Waals surface area contributed by atoms with E-state index in [0.29, 0.717) is 6.42 Å². The second-order valence-corrected chi connectivity index (χ2v) is 4.20. The van der Waals surface area contributed by atoms with Crippen LogP contribution in [0.5, 0.6) is 0 Å². The third kappa shape index (κ3) is 4.68. The van der Waals surface area contributed by atoms with E-state index in [9.17, 15) is 4.79 Å². The van der Waals surface area contributed by atoms with Gasteiger partial charge in [0.1, 0.15) is 6.04 Å². The molecule has 1 atom stereocenters. The second-order valence-electron chi connectivity index (χ2n) is 3.56. The van der Waals surface area contributed by atoms with E-state index >= 15 is 0 Å². The lowest BCUT2D eigenvalue weighted by atomic mass is 10.0. The van der Waals surface area contributed by atoms with Crippen LogP contribution in [0.1, 0.15) is 19.3 Å². The quantitative estimate of drug-likeness (QED) is 0.486. The van der Waals surface area contributed by atoms with E-state index in [1.165, 1.54) is 17.5 Å². The van der Waals surface area contributed by atoms with Crippen LogP contribution in [0.15, 0.2) is 11.6 Å². The first kappa shape index (κ1) is 12.5. The Morgan fingerprint density at radius 1 is 1.67 bits per heavy atom. The largest absolute Gasteiger partial charge is 0.480 e. The third-order valence-corrected chi connectivity index (χ3v) is 2.97. The Hall–Kier alpha value is -0.520. The maximum absolute atomic E-state index is 10.8. The van der Waals surface area contributed by atoms with Crippen molar-refractivity contribution in [3.8, 4) is 0 Å². The Morgan fingerprint density at radius 3 is 2.87 bits per heavy atom. The highest BCUT2D eigenvalue weighted by molar-refractivity contribution is 7.96. The highest BCUT2D eigenvalue weighted by Gasteiger charge is 2.15. The zero-order valence-corrected chi connectivity index (χ0v) is 9.77. The van der Waals surface area contributed by atoms with E-state index in [1.807, 2.05) is 6.26 Å². The summed E-state index contributed by atoms with van der Waals surface area (Å²) in [6.45, 7) is 2.03. The molecule has 0 aromatic carbocycles. The van der Waals surface area contributed by atoms with E-state index in [-0.39, 0.29) is 0 Å². The van der Waals surface area contributed by atoms with E-state index in [0.717, 1.165) is 25.9 Å². The van der Waals surface area contributed by atoms with Crippen molar-refractivity contribution < 1.29 is 9.90 Å². The lowest BCUT2D eigenvalue weighted by molar-refractivity contribution is -0.138. The number of piperidine rings is 1. The van der Waals surface area contributed by atoms with Crippen LogP contribution in [-0.4, -0.2) is 36.5 Å². The molecule has 1 aliphatic rings. The molecule has 15 heavy (non-hydrogen) atoms. The molecule has 1 saturated heterocycles. The standard InChI is InChI=1S/C10H18N2O2S/c1-15-12-9(10(13)14)3-2-8-4-6-11-7-5-8/h2,9,11-12H,3-7H2,1H3,(H,13,14). The van der Waals surface area contributed by atoms with Gasteiger partial charge >= 0.3 is 5.97 Å². The van der Waals surface area contributed by atoms with Gasteiger partial charge in [0.2, 0.25) is 0 Å². The van der Waals surface area contributed by atoms with Gasteiger partial charge in [0.25, 0.3) is 0 Å². The van der Waals surface area contributed by atoms with E-state index in [1.54, 1.807) is 0 Å². The molecule has 0 bridgehead atoms. The van der Waals surface area contributed by atoms with Gasteiger partial charge in [0.05, 0.1) is 0 Å².